The normalized spacial score (nSPS) is 16.6. The predicted molar refractivity (Wildman–Crippen MR) is 344 cm³/mol. The number of hydrogen-bond acceptors (Lipinski definition) is 16. The zero-order valence-corrected chi connectivity index (χ0v) is 56.0. The van der Waals surface area contributed by atoms with Crippen LogP contribution in [0.2, 0.25) is 0 Å². The van der Waals surface area contributed by atoms with E-state index in [1.165, 1.54) is 26.2 Å². The first-order valence-electron chi connectivity index (χ1n) is 31.5. The topological polar surface area (TPSA) is 394 Å². The summed E-state index contributed by atoms with van der Waals surface area (Å²) < 4.78 is 17.7. The van der Waals surface area contributed by atoms with Gasteiger partial charge in [-0.15, -0.1) is 0 Å². The summed E-state index contributed by atoms with van der Waals surface area (Å²) in [6, 6.07) is 8.36. The van der Waals surface area contributed by atoms with Crippen molar-refractivity contribution in [3.63, 3.8) is 0 Å². The molecule has 0 unspecified atom stereocenters. The molecule has 1 heterocycles. The molecule has 3 rings (SSSR count). The van der Waals surface area contributed by atoms with Crippen LogP contribution in [0.4, 0.5) is 15.3 Å². The lowest BCUT2D eigenvalue weighted by Crippen LogP contribution is -2.60. The number of benzene rings is 2. The Bertz CT molecular complexity index is 2760. The number of primary amides is 1. The van der Waals surface area contributed by atoms with Crippen LogP contribution in [-0.4, -0.2) is 201 Å². The van der Waals surface area contributed by atoms with Crippen LogP contribution < -0.4 is 54.0 Å². The van der Waals surface area contributed by atoms with Crippen molar-refractivity contribution in [1.29, 1.82) is 0 Å². The predicted octanol–water partition coefficient (Wildman–Crippen LogP) is 1.78. The maximum Gasteiger partial charge on any atom is 0.410 e. The van der Waals surface area contributed by atoms with Gasteiger partial charge in [0.15, 0.2) is 0 Å². The zero-order valence-electron chi connectivity index (χ0n) is 56.0. The molecule has 514 valence electrons. The summed E-state index contributed by atoms with van der Waals surface area (Å²) >= 11 is 0. The average molecular weight is 1290 g/mol. The number of nitrogens with one attached hydrogen (secondary N) is 8. The maximum absolute atomic E-state index is 14.8. The first kappa shape index (κ1) is 78.3. The third-order valence-corrected chi connectivity index (χ3v) is 16.6. The van der Waals surface area contributed by atoms with Crippen molar-refractivity contribution < 1.29 is 72.1 Å². The van der Waals surface area contributed by atoms with Crippen molar-refractivity contribution in [2.45, 2.75) is 175 Å². The summed E-state index contributed by atoms with van der Waals surface area (Å²) in [4.78, 5) is 150. The number of ether oxygens (including phenoxy) is 3. The van der Waals surface area contributed by atoms with Gasteiger partial charge in [0.25, 0.3) is 0 Å². The Kier molecular flexibility index (Phi) is 33.0. The van der Waals surface area contributed by atoms with Gasteiger partial charge in [-0.3, -0.25) is 48.1 Å². The third-order valence-electron chi connectivity index (χ3n) is 16.6. The number of nitrogens with two attached hydrogens (primary N) is 2. The highest BCUT2D eigenvalue weighted by molar-refractivity contribution is 5.99. The average Bonchev–Trinajstić information content (AvgIpc) is 1.54. The highest BCUT2D eigenvalue weighted by Crippen LogP contribution is 2.30. The monoisotopic (exact) mass is 1290 g/mol. The molecule has 2 aromatic carbocycles. The number of rotatable bonds is 37. The van der Waals surface area contributed by atoms with Crippen LogP contribution in [0.5, 0.6) is 0 Å². The van der Waals surface area contributed by atoms with Gasteiger partial charge in [0, 0.05) is 47.1 Å². The smallest absolute Gasteiger partial charge is 0.410 e. The van der Waals surface area contributed by atoms with E-state index in [0.717, 1.165) is 4.90 Å². The third kappa shape index (κ3) is 23.9. The molecule has 0 saturated carbocycles. The number of carbonyl (C=O) groups is 11. The molecule has 28 nitrogen and oxygen atoms in total. The van der Waals surface area contributed by atoms with Gasteiger partial charge in [0.1, 0.15) is 30.8 Å². The standard InChI is InChI=1S/C64H103N13O15/c1-15-39(8)55(47(90-13)31-51(81)77-30-20-24-46(77)57(91-14)40(9)58(83)70-41(10)56(82)43-21-17-16-18-22-43)75(11)62(87)53(37(4)5)74-61(86)54(38(6)7)76(12)64(89)92-35-42-25-27-44(28-26-42)71-59(84)45(23-19-29-67-63(66)88)72-60(85)52(36(2)3)73-50(80)34-69-49(79)33-68-48(78)32-65/h16-18,21-22,25-28,36-41,45-47,52-57,82H,15,19-20,23-24,29-35,65H2,1-14H3,(H,68,78)(H,69,79)(H,70,83)(H,71,84)(H,72,85)(H,73,80)(H,74,86)(H3,66,67,88)/t39-,40+,41+,45-,46+,47+,52-,53-,54-,55-,56+,57+/m0/s1. The second-order valence-electron chi connectivity index (χ2n) is 24.6. The minimum Gasteiger partial charge on any atom is -0.445 e. The number of anilines is 1. The van der Waals surface area contributed by atoms with Crippen LogP contribution in [0.25, 0.3) is 0 Å². The minimum atomic E-state index is -1.17. The lowest BCUT2D eigenvalue weighted by atomic mass is 9.89. The van der Waals surface area contributed by atoms with Gasteiger partial charge in [0.05, 0.1) is 68.4 Å². The summed E-state index contributed by atoms with van der Waals surface area (Å²) in [6.45, 7) is 16.8. The number of aliphatic hydroxyl groups excluding tert-OH is 1. The van der Waals surface area contributed by atoms with Crippen LogP contribution in [-0.2, 0) is 64.0 Å². The van der Waals surface area contributed by atoms with Gasteiger partial charge >= 0.3 is 12.1 Å². The van der Waals surface area contributed by atoms with Crippen LogP contribution in [0.3, 0.4) is 0 Å². The van der Waals surface area contributed by atoms with E-state index in [4.69, 9.17) is 25.7 Å². The van der Waals surface area contributed by atoms with Gasteiger partial charge < -0.3 is 83.1 Å². The van der Waals surface area contributed by atoms with E-state index in [2.05, 4.69) is 42.5 Å². The second kappa shape index (κ2) is 38.8. The molecule has 0 spiro atoms. The van der Waals surface area contributed by atoms with E-state index in [1.54, 1.807) is 104 Å². The molecule has 0 radical (unpaired) electrons. The van der Waals surface area contributed by atoms with E-state index in [1.807, 2.05) is 32.0 Å². The van der Waals surface area contributed by atoms with E-state index in [-0.39, 0.29) is 56.7 Å². The minimum absolute atomic E-state index is 0.0355. The van der Waals surface area contributed by atoms with Crippen LogP contribution in [0.1, 0.15) is 125 Å². The first-order chi connectivity index (χ1) is 43.4. The van der Waals surface area contributed by atoms with Crippen molar-refractivity contribution in [3.05, 3.63) is 65.7 Å². The van der Waals surface area contributed by atoms with E-state index >= 15 is 0 Å². The van der Waals surface area contributed by atoms with Gasteiger partial charge in [-0.05, 0) is 79.5 Å². The number of methoxy groups -OCH3 is 2. The molecule has 12 amide bonds. The summed E-state index contributed by atoms with van der Waals surface area (Å²) in [5, 5.41) is 31.8. The summed E-state index contributed by atoms with van der Waals surface area (Å²) in [5.41, 5.74) is 11.9. The van der Waals surface area contributed by atoms with Crippen LogP contribution >= 0.6 is 0 Å². The molecule has 13 N–H and O–H groups in total. The number of aliphatic hydroxyl groups is 1. The quantitative estimate of drug-likeness (QED) is 0.0430. The molecule has 1 saturated heterocycles. The summed E-state index contributed by atoms with van der Waals surface area (Å²) in [6.07, 6.45) is -1.21. The van der Waals surface area contributed by atoms with Crippen molar-refractivity contribution in [3.8, 4) is 0 Å². The molecule has 2 aromatic rings. The summed E-state index contributed by atoms with van der Waals surface area (Å²) in [7, 11) is 6.05. The fourth-order valence-corrected chi connectivity index (χ4v) is 11.2. The Hall–Kier alpha value is -7.95. The van der Waals surface area contributed by atoms with Crippen molar-refractivity contribution >= 4 is 71.0 Å². The Labute approximate surface area is 541 Å². The molecular formula is C64H103N13O15. The fourth-order valence-electron chi connectivity index (χ4n) is 11.2. The van der Waals surface area contributed by atoms with Crippen LogP contribution in [0, 0.1) is 29.6 Å². The SMILES string of the molecule is CC[C@H](C)[C@@H]([C@@H](CC(=O)N1CCC[C@@H]1[C@H](OC)[C@@H](C)C(=O)N[C@H](C)[C@@H](O)c1ccccc1)OC)N(C)C(=O)[C@@H](NC(=O)[C@H](C(C)C)N(C)C(=O)OCc1ccc(NC(=O)[C@H](CCCNC(N)=O)NC(=O)[C@@H](NC(=O)CNC(=O)CNC(=O)CN)C(C)C)cc1)C(C)C. The Balaban J connectivity index is 1.70. The summed E-state index contributed by atoms with van der Waals surface area (Å²) in [5.74, 6) is -7.14. The highest BCUT2D eigenvalue weighted by atomic mass is 16.6. The van der Waals surface area contributed by atoms with Gasteiger partial charge in [-0.1, -0.05) is 111 Å². The van der Waals surface area contributed by atoms with Gasteiger partial charge in [0.2, 0.25) is 53.2 Å². The molecule has 1 fully saturated rings. The van der Waals surface area contributed by atoms with Gasteiger partial charge in [-0.2, -0.15) is 0 Å². The van der Waals surface area contributed by atoms with Gasteiger partial charge in [-0.25, -0.2) is 9.59 Å². The molecule has 1 aliphatic rings. The molecule has 0 bridgehead atoms. The fraction of sp³-hybridized carbons (Fsp3) is 0.641. The number of amides is 12. The lowest BCUT2D eigenvalue weighted by molar-refractivity contribution is -0.148. The molecule has 0 aromatic heterocycles. The lowest BCUT2D eigenvalue weighted by Gasteiger charge is -2.41. The number of nitrogens with zero attached hydrogens (tertiary/aromatic N) is 3. The number of likely N-dealkylation sites (N-methyl/N-ethyl adjacent to an activating group) is 2. The van der Waals surface area contributed by atoms with E-state index < -0.39 is 151 Å². The largest absolute Gasteiger partial charge is 0.445 e. The molecule has 28 heteroatoms. The molecule has 1 aliphatic heterocycles. The van der Waals surface area contributed by atoms with Crippen molar-refractivity contribution in [1.82, 2.24) is 51.9 Å². The Morgan fingerprint density at radius 3 is 1.88 bits per heavy atom. The second-order valence-corrected chi connectivity index (χ2v) is 24.6. The zero-order chi connectivity index (χ0) is 69.1. The van der Waals surface area contributed by atoms with E-state index in [9.17, 15) is 57.8 Å². The van der Waals surface area contributed by atoms with Crippen molar-refractivity contribution in [2.24, 2.45) is 41.1 Å². The molecule has 92 heavy (non-hydrogen) atoms. The molecule has 12 atom stereocenters. The van der Waals surface area contributed by atoms with Crippen LogP contribution in [0.15, 0.2) is 54.6 Å². The number of carbonyl (C=O) groups excluding carboxylic acids is 11. The number of likely N-dealkylation sites (tertiary alicyclic amines) is 1. The molecule has 0 aliphatic carbocycles. The van der Waals surface area contributed by atoms with E-state index in [0.29, 0.717) is 42.6 Å². The number of urea groups is 1. The first-order valence-corrected chi connectivity index (χ1v) is 31.5. The highest BCUT2D eigenvalue weighted by Gasteiger charge is 2.44. The Morgan fingerprint density at radius 1 is 0.696 bits per heavy atom. The Morgan fingerprint density at radius 2 is 1.32 bits per heavy atom. The maximum atomic E-state index is 14.8. The van der Waals surface area contributed by atoms with Crippen molar-refractivity contribution in [2.75, 3.05) is 66.4 Å². The molecular weight excluding hydrogens is 1190 g/mol. The number of hydrogen-bond donors (Lipinski definition) is 11.